The Kier molecular flexibility index (Phi) is 7.79. The quantitative estimate of drug-likeness (QED) is 0.509. The van der Waals surface area contributed by atoms with Gasteiger partial charge in [-0.1, -0.05) is 18.2 Å². The molecule has 1 amide bonds. The van der Waals surface area contributed by atoms with E-state index in [0.29, 0.717) is 25.0 Å². The smallest absolute Gasteiger partial charge is 0.322 e. The third-order valence-electron chi connectivity index (χ3n) is 4.63. The van der Waals surface area contributed by atoms with E-state index in [-0.39, 0.29) is 25.2 Å². The predicted octanol–water partition coefficient (Wildman–Crippen LogP) is 2.05. The number of hydrogen-bond donors (Lipinski definition) is 0. The van der Waals surface area contributed by atoms with Crippen LogP contribution < -0.4 is 0 Å². The van der Waals surface area contributed by atoms with Gasteiger partial charge in [0, 0.05) is 12.7 Å². The molecule has 1 fully saturated rings. The molecule has 148 valence electrons. The molecule has 1 aliphatic heterocycles. The average Bonchev–Trinajstić information content (AvgIpc) is 3.06. The second-order valence-electron chi connectivity index (χ2n) is 6.31. The number of esters is 2. The van der Waals surface area contributed by atoms with Gasteiger partial charge in [0.15, 0.2) is 5.92 Å². The Morgan fingerprint density at radius 2 is 1.63 bits per heavy atom. The van der Waals surface area contributed by atoms with Crippen LogP contribution in [0.4, 0.5) is 0 Å². The zero-order valence-corrected chi connectivity index (χ0v) is 16.1. The van der Waals surface area contributed by atoms with Gasteiger partial charge in [-0.25, -0.2) is 0 Å². The third-order valence-corrected chi connectivity index (χ3v) is 4.63. The molecule has 1 aliphatic rings. The van der Waals surface area contributed by atoms with Crippen LogP contribution in [0.1, 0.15) is 37.0 Å². The number of likely N-dealkylation sites (tertiary alicyclic amines) is 1. The zero-order valence-electron chi connectivity index (χ0n) is 16.1. The van der Waals surface area contributed by atoms with Gasteiger partial charge < -0.3 is 19.1 Å². The Bertz CT molecular complexity index is 629. The van der Waals surface area contributed by atoms with Crippen molar-refractivity contribution in [2.45, 2.75) is 38.8 Å². The van der Waals surface area contributed by atoms with Crippen molar-refractivity contribution in [1.29, 1.82) is 0 Å². The number of carbonyl (C=O) groups is 3. The van der Waals surface area contributed by atoms with Gasteiger partial charge in [-0.3, -0.25) is 14.4 Å². The molecule has 1 aromatic carbocycles. The van der Waals surface area contributed by atoms with Crippen molar-refractivity contribution in [3.8, 4) is 0 Å². The molecule has 0 bridgehead atoms. The van der Waals surface area contributed by atoms with Crippen molar-refractivity contribution in [1.82, 2.24) is 4.90 Å². The van der Waals surface area contributed by atoms with Gasteiger partial charge in [0.05, 0.1) is 31.9 Å². The van der Waals surface area contributed by atoms with Gasteiger partial charge in [-0.2, -0.15) is 0 Å². The molecule has 0 radical (unpaired) electrons. The van der Waals surface area contributed by atoms with E-state index in [1.807, 2.05) is 6.07 Å². The van der Waals surface area contributed by atoms with Gasteiger partial charge in [0.25, 0.3) is 5.91 Å². The highest BCUT2D eigenvalue weighted by Gasteiger charge is 2.48. The molecule has 0 aliphatic carbocycles. The molecule has 1 aromatic rings. The Labute approximate surface area is 159 Å². The van der Waals surface area contributed by atoms with Gasteiger partial charge in [-0.15, -0.1) is 0 Å². The first-order valence-corrected chi connectivity index (χ1v) is 9.25. The van der Waals surface area contributed by atoms with Crippen LogP contribution in [0.3, 0.4) is 0 Å². The van der Waals surface area contributed by atoms with E-state index in [2.05, 4.69) is 0 Å². The van der Waals surface area contributed by atoms with Crippen molar-refractivity contribution in [3.63, 3.8) is 0 Å². The molecule has 2 rings (SSSR count). The number of hydrogen-bond acceptors (Lipinski definition) is 6. The van der Waals surface area contributed by atoms with Crippen molar-refractivity contribution < 1.29 is 28.6 Å². The van der Waals surface area contributed by atoms with Crippen LogP contribution in [0.15, 0.2) is 30.3 Å². The minimum Gasteiger partial charge on any atom is -0.465 e. The van der Waals surface area contributed by atoms with Crippen LogP contribution in [0.2, 0.25) is 0 Å². The summed E-state index contributed by atoms with van der Waals surface area (Å²) in [5.74, 6) is -2.73. The molecule has 0 aromatic heterocycles. The summed E-state index contributed by atoms with van der Waals surface area (Å²) in [7, 11) is 1.56. The van der Waals surface area contributed by atoms with Crippen LogP contribution in [0, 0.1) is 5.92 Å². The van der Waals surface area contributed by atoms with Crippen molar-refractivity contribution >= 4 is 17.8 Å². The molecule has 27 heavy (non-hydrogen) atoms. The Morgan fingerprint density at radius 1 is 1.04 bits per heavy atom. The molecule has 2 atom stereocenters. The summed E-state index contributed by atoms with van der Waals surface area (Å²) in [5, 5.41) is 0. The van der Waals surface area contributed by atoms with Crippen LogP contribution in [-0.2, 0) is 23.8 Å². The Balaban J connectivity index is 2.38. The van der Waals surface area contributed by atoms with Gasteiger partial charge in [0.1, 0.15) is 0 Å². The molecule has 0 N–H and O–H groups in total. The maximum atomic E-state index is 13.2. The van der Waals surface area contributed by atoms with Crippen LogP contribution in [0.25, 0.3) is 0 Å². The second-order valence-corrected chi connectivity index (χ2v) is 6.31. The lowest BCUT2D eigenvalue weighted by Gasteiger charge is -2.33. The second kappa shape index (κ2) is 10.1. The summed E-state index contributed by atoms with van der Waals surface area (Å²) in [5.41, 5.74) is 0.497. The molecule has 7 nitrogen and oxygen atoms in total. The molecule has 1 heterocycles. The highest BCUT2D eigenvalue weighted by atomic mass is 16.6. The first-order valence-electron chi connectivity index (χ1n) is 9.25. The van der Waals surface area contributed by atoms with E-state index < -0.39 is 23.9 Å². The van der Waals surface area contributed by atoms with Gasteiger partial charge in [-0.05, 0) is 38.8 Å². The molecule has 0 saturated carbocycles. The lowest BCUT2D eigenvalue weighted by Crippen LogP contribution is -2.50. The summed E-state index contributed by atoms with van der Waals surface area (Å²) < 4.78 is 15.5. The van der Waals surface area contributed by atoms with E-state index in [1.54, 1.807) is 50.1 Å². The van der Waals surface area contributed by atoms with Crippen molar-refractivity contribution in [2.75, 3.05) is 26.9 Å². The fourth-order valence-corrected chi connectivity index (χ4v) is 3.52. The van der Waals surface area contributed by atoms with Crippen molar-refractivity contribution in [3.05, 3.63) is 35.9 Å². The molecule has 7 heteroatoms. The standard InChI is InChI=1S/C20H27NO6/c1-4-26-19(23)17(20(24)27-5-2)16-12-11-15(13-25-3)21(16)18(22)14-9-7-6-8-10-14/h6-10,15-17H,4-5,11-13H2,1-3H3/t15-,16+/m0/s1. The summed E-state index contributed by atoms with van der Waals surface area (Å²) in [4.78, 5) is 39.8. The van der Waals surface area contributed by atoms with Crippen LogP contribution in [0.5, 0.6) is 0 Å². The first kappa shape index (κ1) is 20.9. The summed E-state index contributed by atoms with van der Waals surface area (Å²) in [6, 6.07) is 7.95. The molecule has 0 spiro atoms. The number of benzene rings is 1. The number of rotatable bonds is 8. The monoisotopic (exact) mass is 377 g/mol. The first-order chi connectivity index (χ1) is 13.0. The highest BCUT2D eigenvalue weighted by molar-refractivity contribution is 5.99. The fraction of sp³-hybridized carbons (Fsp3) is 0.550. The largest absolute Gasteiger partial charge is 0.465 e. The number of amides is 1. The Hall–Kier alpha value is -2.41. The number of methoxy groups -OCH3 is 1. The molecular weight excluding hydrogens is 350 g/mol. The van der Waals surface area contributed by atoms with Gasteiger partial charge >= 0.3 is 11.9 Å². The molecular formula is C20H27NO6. The van der Waals surface area contributed by atoms with E-state index >= 15 is 0 Å². The predicted molar refractivity (Wildman–Crippen MR) is 98.1 cm³/mol. The summed E-state index contributed by atoms with van der Waals surface area (Å²) in [6.45, 7) is 3.98. The van der Waals surface area contributed by atoms with Crippen LogP contribution >= 0.6 is 0 Å². The van der Waals surface area contributed by atoms with Crippen molar-refractivity contribution in [2.24, 2.45) is 5.92 Å². The Morgan fingerprint density at radius 3 is 2.15 bits per heavy atom. The lowest BCUT2D eigenvalue weighted by atomic mass is 9.97. The summed E-state index contributed by atoms with van der Waals surface area (Å²) in [6.07, 6.45) is 1.13. The SMILES string of the molecule is CCOC(=O)C(C(=O)OCC)[C@H]1CC[C@@H](COC)N1C(=O)c1ccccc1. The minimum absolute atomic E-state index is 0.148. The van der Waals surface area contributed by atoms with E-state index in [0.717, 1.165) is 0 Å². The highest BCUT2D eigenvalue weighted by Crippen LogP contribution is 2.32. The number of carbonyl (C=O) groups excluding carboxylic acids is 3. The summed E-state index contributed by atoms with van der Waals surface area (Å²) >= 11 is 0. The van der Waals surface area contributed by atoms with Crippen LogP contribution in [-0.4, -0.2) is 61.8 Å². The van der Waals surface area contributed by atoms with E-state index in [1.165, 1.54) is 0 Å². The number of ether oxygens (including phenoxy) is 3. The number of nitrogens with zero attached hydrogens (tertiary/aromatic N) is 1. The van der Waals surface area contributed by atoms with E-state index in [4.69, 9.17) is 14.2 Å². The zero-order chi connectivity index (χ0) is 19.8. The minimum atomic E-state index is -1.17. The average molecular weight is 377 g/mol. The molecule has 1 saturated heterocycles. The topological polar surface area (TPSA) is 82.1 Å². The van der Waals surface area contributed by atoms with Gasteiger partial charge in [0.2, 0.25) is 0 Å². The maximum Gasteiger partial charge on any atom is 0.322 e. The lowest BCUT2D eigenvalue weighted by molar-refractivity contribution is -0.164. The van der Waals surface area contributed by atoms with E-state index in [9.17, 15) is 14.4 Å². The third kappa shape index (κ3) is 4.86. The fourth-order valence-electron chi connectivity index (χ4n) is 3.52. The maximum absolute atomic E-state index is 13.2. The normalized spacial score (nSPS) is 19.2. The molecule has 0 unspecified atom stereocenters.